The molecule has 27 heavy (non-hydrogen) atoms. The van der Waals surface area contributed by atoms with Crippen LogP contribution in [0.1, 0.15) is 10.4 Å². The number of anilines is 1. The Labute approximate surface area is 157 Å². The van der Waals surface area contributed by atoms with Gasteiger partial charge in [-0.2, -0.15) is 4.98 Å². The van der Waals surface area contributed by atoms with Gasteiger partial charge >= 0.3 is 0 Å². The standard InChI is InChI=1S/C20H20N4O3/c1-24(2)20(25)14-9-7-13(8-10-14)18-19(21)23-17(12-22-18)27-16-6-4-5-15(11-16)26-3/h4-12H,1-3H3,(H2,21,23). The Kier molecular flexibility index (Phi) is 5.21. The number of rotatable bonds is 5. The molecule has 0 saturated heterocycles. The Morgan fingerprint density at radius 3 is 2.41 bits per heavy atom. The molecule has 0 bridgehead atoms. The maximum absolute atomic E-state index is 12.0. The summed E-state index contributed by atoms with van der Waals surface area (Å²) >= 11 is 0. The van der Waals surface area contributed by atoms with Crippen LogP contribution >= 0.6 is 0 Å². The van der Waals surface area contributed by atoms with Crippen molar-refractivity contribution in [2.45, 2.75) is 0 Å². The van der Waals surface area contributed by atoms with Crippen molar-refractivity contribution < 1.29 is 14.3 Å². The quantitative estimate of drug-likeness (QED) is 0.747. The molecule has 3 aromatic rings. The lowest BCUT2D eigenvalue weighted by molar-refractivity contribution is 0.0827. The van der Waals surface area contributed by atoms with Crippen LogP contribution in [0.25, 0.3) is 11.3 Å². The average Bonchev–Trinajstić information content (AvgIpc) is 2.68. The molecule has 1 aromatic heterocycles. The van der Waals surface area contributed by atoms with E-state index < -0.39 is 0 Å². The number of carbonyl (C=O) groups excluding carboxylic acids is 1. The SMILES string of the molecule is COc1cccc(Oc2cnc(-c3ccc(C(=O)N(C)C)cc3)c(N)n2)c1. The van der Waals surface area contributed by atoms with E-state index in [2.05, 4.69) is 9.97 Å². The Hall–Kier alpha value is -3.61. The molecule has 0 spiro atoms. The molecule has 0 aliphatic rings. The van der Waals surface area contributed by atoms with Gasteiger partial charge in [0.1, 0.15) is 17.2 Å². The predicted molar refractivity (Wildman–Crippen MR) is 103 cm³/mol. The maximum Gasteiger partial charge on any atom is 0.253 e. The monoisotopic (exact) mass is 364 g/mol. The first-order valence-corrected chi connectivity index (χ1v) is 8.24. The van der Waals surface area contributed by atoms with E-state index in [0.29, 0.717) is 22.8 Å². The molecule has 0 radical (unpaired) electrons. The van der Waals surface area contributed by atoms with Crippen molar-refractivity contribution in [3.63, 3.8) is 0 Å². The second-order valence-electron chi connectivity index (χ2n) is 6.00. The molecule has 3 rings (SSSR count). The minimum absolute atomic E-state index is 0.0670. The molecule has 0 saturated carbocycles. The normalized spacial score (nSPS) is 10.3. The van der Waals surface area contributed by atoms with Crippen LogP contribution in [-0.2, 0) is 0 Å². The summed E-state index contributed by atoms with van der Waals surface area (Å²) in [5.41, 5.74) is 7.94. The van der Waals surface area contributed by atoms with Crippen LogP contribution in [-0.4, -0.2) is 42.0 Å². The van der Waals surface area contributed by atoms with Crippen molar-refractivity contribution in [1.82, 2.24) is 14.9 Å². The van der Waals surface area contributed by atoms with Gasteiger partial charge < -0.3 is 20.1 Å². The first-order valence-electron chi connectivity index (χ1n) is 8.24. The first kappa shape index (κ1) is 18.2. The summed E-state index contributed by atoms with van der Waals surface area (Å²) in [6.45, 7) is 0. The molecule has 2 aromatic carbocycles. The van der Waals surface area contributed by atoms with Crippen LogP contribution < -0.4 is 15.2 Å². The van der Waals surface area contributed by atoms with Gasteiger partial charge in [0.25, 0.3) is 5.91 Å². The van der Waals surface area contributed by atoms with Crippen molar-refractivity contribution in [1.29, 1.82) is 0 Å². The number of nitrogens with two attached hydrogens (primary N) is 1. The largest absolute Gasteiger partial charge is 0.497 e. The highest BCUT2D eigenvalue weighted by molar-refractivity contribution is 5.94. The van der Waals surface area contributed by atoms with Gasteiger partial charge in [0.2, 0.25) is 5.88 Å². The minimum atomic E-state index is -0.0670. The number of nitrogens with zero attached hydrogens (tertiary/aromatic N) is 3. The number of aromatic nitrogens is 2. The molecule has 2 N–H and O–H groups in total. The van der Waals surface area contributed by atoms with Gasteiger partial charge in [-0.25, -0.2) is 4.98 Å². The molecule has 7 nitrogen and oxygen atoms in total. The van der Waals surface area contributed by atoms with Crippen molar-refractivity contribution in [2.75, 3.05) is 26.9 Å². The lowest BCUT2D eigenvalue weighted by atomic mass is 10.1. The van der Waals surface area contributed by atoms with Crippen LogP contribution in [0.3, 0.4) is 0 Å². The molecule has 7 heteroatoms. The lowest BCUT2D eigenvalue weighted by Crippen LogP contribution is -2.21. The van der Waals surface area contributed by atoms with Crippen LogP contribution in [0.2, 0.25) is 0 Å². The van der Waals surface area contributed by atoms with Crippen molar-refractivity contribution in [3.05, 3.63) is 60.3 Å². The molecule has 0 unspecified atom stereocenters. The van der Waals surface area contributed by atoms with E-state index in [0.717, 1.165) is 5.56 Å². The Morgan fingerprint density at radius 2 is 1.78 bits per heavy atom. The van der Waals surface area contributed by atoms with E-state index in [-0.39, 0.29) is 17.6 Å². The second-order valence-corrected chi connectivity index (χ2v) is 6.00. The molecule has 0 fully saturated rings. The average molecular weight is 364 g/mol. The van der Waals surface area contributed by atoms with E-state index in [1.807, 2.05) is 12.1 Å². The number of hydrogen-bond donors (Lipinski definition) is 1. The summed E-state index contributed by atoms with van der Waals surface area (Å²) < 4.78 is 10.9. The first-order chi connectivity index (χ1) is 13.0. The summed E-state index contributed by atoms with van der Waals surface area (Å²) in [6.07, 6.45) is 1.50. The van der Waals surface area contributed by atoms with E-state index in [4.69, 9.17) is 15.2 Å². The number of nitrogen functional groups attached to an aromatic ring is 1. The van der Waals surface area contributed by atoms with Crippen LogP contribution in [0.5, 0.6) is 17.4 Å². The van der Waals surface area contributed by atoms with Gasteiger partial charge in [-0.3, -0.25) is 4.79 Å². The summed E-state index contributed by atoms with van der Waals surface area (Å²) in [4.78, 5) is 22.1. The third-order valence-corrected chi connectivity index (χ3v) is 3.85. The number of benzene rings is 2. The van der Waals surface area contributed by atoms with Gasteiger partial charge in [0.15, 0.2) is 5.82 Å². The Bertz CT molecular complexity index is 956. The van der Waals surface area contributed by atoms with Gasteiger partial charge in [-0.1, -0.05) is 18.2 Å². The smallest absolute Gasteiger partial charge is 0.253 e. The third kappa shape index (κ3) is 4.14. The highest BCUT2D eigenvalue weighted by Gasteiger charge is 2.11. The van der Waals surface area contributed by atoms with Crippen molar-refractivity contribution in [3.8, 4) is 28.6 Å². The van der Waals surface area contributed by atoms with E-state index in [9.17, 15) is 4.79 Å². The fourth-order valence-electron chi connectivity index (χ4n) is 2.47. The highest BCUT2D eigenvalue weighted by atomic mass is 16.5. The zero-order valence-electron chi connectivity index (χ0n) is 15.3. The maximum atomic E-state index is 12.0. The second kappa shape index (κ2) is 7.74. The number of carbonyl (C=O) groups is 1. The summed E-state index contributed by atoms with van der Waals surface area (Å²) in [7, 11) is 5.00. The fraction of sp³-hybridized carbons (Fsp3) is 0.150. The van der Waals surface area contributed by atoms with E-state index >= 15 is 0 Å². The summed E-state index contributed by atoms with van der Waals surface area (Å²) in [5, 5.41) is 0. The zero-order chi connectivity index (χ0) is 19.4. The number of amides is 1. The van der Waals surface area contributed by atoms with Crippen LogP contribution in [0, 0.1) is 0 Å². The number of ether oxygens (including phenoxy) is 2. The third-order valence-electron chi connectivity index (χ3n) is 3.85. The molecule has 1 amide bonds. The zero-order valence-corrected chi connectivity index (χ0v) is 15.3. The minimum Gasteiger partial charge on any atom is -0.497 e. The molecular weight excluding hydrogens is 344 g/mol. The summed E-state index contributed by atoms with van der Waals surface area (Å²) in [6, 6.07) is 14.2. The van der Waals surface area contributed by atoms with Gasteiger partial charge in [0.05, 0.1) is 13.3 Å². The fourth-order valence-corrected chi connectivity index (χ4v) is 2.47. The Morgan fingerprint density at radius 1 is 1.07 bits per heavy atom. The highest BCUT2D eigenvalue weighted by Crippen LogP contribution is 2.28. The molecule has 0 atom stereocenters. The molecule has 1 heterocycles. The van der Waals surface area contributed by atoms with Crippen LogP contribution in [0.15, 0.2) is 54.7 Å². The molecule has 0 aliphatic carbocycles. The topological polar surface area (TPSA) is 90.6 Å². The molecule has 0 aliphatic heterocycles. The predicted octanol–water partition coefficient (Wildman–Crippen LogP) is 3.23. The van der Waals surface area contributed by atoms with Crippen molar-refractivity contribution in [2.24, 2.45) is 0 Å². The molecule has 138 valence electrons. The van der Waals surface area contributed by atoms with Gasteiger partial charge in [-0.15, -0.1) is 0 Å². The van der Waals surface area contributed by atoms with E-state index in [1.54, 1.807) is 57.6 Å². The van der Waals surface area contributed by atoms with Crippen LogP contribution in [0.4, 0.5) is 5.82 Å². The lowest BCUT2D eigenvalue weighted by Gasteiger charge is -2.11. The number of hydrogen-bond acceptors (Lipinski definition) is 6. The van der Waals surface area contributed by atoms with Crippen molar-refractivity contribution >= 4 is 11.7 Å². The van der Waals surface area contributed by atoms with Gasteiger partial charge in [-0.05, 0) is 24.3 Å². The Balaban J connectivity index is 1.81. The van der Waals surface area contributed by atoms with Gasteiger partial charge in [0, 0.05) is 31.3 Å². The number of methoxy groups -OCH3 is 1. The molecular formula is C20H20N4O3. The summed E-state index contributed by atoms with van der Waals surface area (Å²) in [5.74, 6) is 1.70. The van der Waals surface area contributed by atoms with E-state index in [1.165, 1.54) is 11.1 Å².